The number of carbonyl (C=O) groups is 2. The van der Waals surface area contributed by atoms with Gasteiger partial charge in [-0.3, -0.25) is 4.79 Å². The van der Waals surface area contributed by atoms with Crippen LogP contribution in [0.15, 0.2) is 66.7 Å². The van der Waals surface area contributed by atoms with Crippen LogP contribution in [-0.4, -0.2) is 25.0 Å². The maximum absolute atomic E-state index is 12.8. The zero-order chi connectivity index (χ0) is 19.5. The van der Waals surface area contributed by atoms with Crippen molar-refractivity contribution in [1.29, 1.82) is 0 Å². The Morgan fingerprint density at radius 3 is 2.57 bits per heavy atom. The molecule has 0 radical (unpaired) electrons. The van der Waals surface area contributed by atoms with Crippen molar-refractivity contribution in [2.75, 3.05) is 12.4 Å². The summed E-state index contributed by atoms with van der Waals surface area (Å²) >= 11 is 0. The van der Waals surface area contributed by atoms with Gasteiger partial charge in [-0.2, -0.15) is 0 Å². The molecule has 1 fully saturated rings. The minimum atomic E-state index is -0.484. The van der Waals surface area contributed by atoms with E-state index in [1.54, 1.807) is 24.3 Å². The van der Waals surface area contributed by atoms with Gasteiger partial charge in [-0.1, -0.05) is 54.6 Å². The van der Waals surface area contributed by atoms with Gasteiger partial charge in [-0.15, -0.1) is 0 Å². The third kappa shape index (κ3) is 3.47. The lowest BCUT2D eigenvalue weighted by Gasteiger charge is -2.14. The molecule has 1 aliphatic heterocycles. The first kappa shape index (κ1) is 18.2. The van der Waals surface area contributed by atoms with Gasteiger partial charge < -0.3 is 10.1 Å². The molecule has 4 rings (SSSR count). The van der Waals surface area contributed by atoms with Crippen LogP contribution < -0.4 is 16.2 Å². The molecule has 1 amide bonds. The molecular weight excluding hydrogens is 354 g/mol. The number of hydrazine groups is 1. The predicted octanol–water partition coefficient (Wildman–Crippen LogP) is 3.17. The topological polar surface area (TPSA) is 79.5 Å². The second-order valence-corrected chi connectivity index (χ2v) is 6.72. The number of esters is 1. The normalized spacial score (nSPS) is 18.8. The number of para-hydroxylation sites is 1. The first-order valence-electron chi connectivity index (χ1n) is 9.14. The number of ether oxygens (including phenoxy) is 1. The van der Waals surface area contributed by atoms with Gasteiger partial charge >= 0.3 is 5.97 Å². The fourth-order valence-corrected chi connectivity index (χ4v) is 3.59. The van der Waals surface area contributed by atoms with Gasteiger partial charge in [0.25, 0.3) is 0 Å². The highest BCUT2D eigenvalue weighted by Gasteiger charge is 2.31. The average molecular weight is 375 g/mol. The first-order chi connectivity index (χ1) is 13.7. The van der Waals surface area contributed by atoms with E-state index in [2.05, 4.69) is 40.4 Å². The molecule has 6 nitrogen and oxygen atoms in total. The Hall–Kier alpha value is -3.22. The Labute approximate surface area is 162 Å². The highest BCUT2D eigenvalue weighted by Crippen LogP contribution is 2.29. The number of hydrogen-bond acceptors (Lipinski definition) is 5. The monoisotopic (exact) mass is 375 g/mol. The van der Waals surface area contributed by atoms with Gasteiger partial charge in [0.1, 0.15) is 6.04 Å². The molecule has 3 aromatic rings. The van der Waals surface area contributed by atoms with Crippen LogP contribution >= 0.6 is 0 Å². The maximum Gasteiger partial charge on any atom is 0.339 e. The molecule has 1 aliphatic rings. The summed E-state index contributed by atoms with van der Waals surface area (Å²) in [6, 6.07) is 20.8. The maximum atomic E-state index is 12.8. The molecule has 28 heavy (non-hydrogen) atoms. The number of carbonyl (C=O) groups excluding carboxylic acids is 2. The molecule has 0 aliphatic carbocycles. The largest absolute Gasteiger partial charge is 0.465 e. The second-order valence-electron chi connectivity index (χ2n) is 6.72. The van der Waals surface area contributed by atoms with E-state index in [0.717, 1.165) is 5.56 Å². The number of methoxy groups -OCH3 is 1. The van der Waals surface area contributed by atoms with Crippen molar-refractivity contribution < 1.29 is 14.3 Å². The van der Waals surface area contributed by atoms with Crippen LogP contribution in [-0.2, 0) is 9.53 Å². The van der Waals surface area contributed by atoms with E-state index in [0.29, 0.717) is 17.7 Å². The number of rotatable bonds is 4. The van der Waals surface area contributed by atoms with Gasteiger partial charge in [0, 0.05) is 6.04 Å². The Morgan fingerprint density at radius 1 is 0.964 bits per heavy atom. The summed E-state index contributed by atoms with van der Waals surface area (Å²) in [6.07, 6.45) is 0.597. The molecule has 3 N–H and O–H groups in total. The van der Waals surface area contributed by atoms with Crippen LogP contribution in [0, 0.1) is 0 Å². The number of fused-ring (bicyclic) bond motifs is 1. The van der Waals surface area contributed by atoms with Crippen molar-refractivity contribution in [2.24, 2.45) is 0 Å². The van der Waals surface area contributed by atoms with Crippen molar-refractivity contribution in [2.45, 2.75) is 18.5 Å². The fourth-order valence-electron chi connectivity index (χ4n) is 3.59. The molecule has 142 valence electrons. The van der Waals surface area contributed by atoms with Crippen LogP contribution in [0.5, 0.6) is 0 Å². The number of nitrogens with one attached hydrogen (secondary N) is 3. The summed E-state index contributed by atoms with van der Waals surface area (Å²) in [7, 11) is 1.32. The third-order valence-electron chi connectivity index (χ3n) is 5.01. The van der Waals surface area contributed by atoms with Crippen LogP contribution in [0.1, 0.15) is 28.4 Å². The van der Waals surface area contributed by atoms with Crippen molar-refractivity contribution in [3.8, 4) is 0 Å². The lowest BCUT2D eigenvalue weighted by atomic mass is 9.96. The number of hydrogen-bond donors (Lipinski definition) is 3. The predicted molar refractivity (Wildman–Crippen MR) is 108 cm³/mol. The number of benzene rings is 3. The van der Waals surface area contributed by atoms with Gasteiger partial charge in [-0.25, -0.2) is 15.6 Å². The average Bonchev–Trinajstić information content (AvgIpc) is 3.23. The lowest BCUT2D eigenvalue weighted by Crippen LogP contribution is -2.39. The highest BCUT2D eigenvalue weighted by molar-refractivity contribution is 6.02. The van der Waals surface area contributed by atoms with Gasteiger partial charge in [0.2, 0.25) is 5.91 Å². The summed E-state index contributed by atoms with van der Waals surface area (Å²) in [5.41, 5.74) is 8.22. The van der Waals surface area contributed by atoms with Gasteiger partial charge in [0.15, 0.2) is 0 Å². The summed E-state index contributed by atoms with van der Waals surface area (Å²) in [5.74, 6) is -0.686. The third-order valence-corrected chi connectivity index (χ3v) is 5.01. The smallest absolute Gasteiger partial charge is 0.339 e. The number of anilines is 1. The summed E-state index contributed by atoms with van der Waals surface area (Å²) in [5, 5.41) is 5.17. The van der Waals surface area contributed by atoms with Crippen molar-refractivity contribution in [3.63, 3.8) is 0 Å². The van der Waals surface area contributed by atoms with Crippen LogP contribution in [0.25, 0.3) is 10.8 Å². The molecule has 0 aromatic heterocycles. The first-order valence-corrected chi connectivity index (χ1v) is 9.14. The van der Waals surface area contributed by atoms with E-state index in [1.165, 1.54) is 17.9 Å². The molecule has 1 heterocycles. The van der Waals surface area contributed by atoms with Crippen molar-refractivity contribution >= 4 is 28.3 Å². The zero-order valence-corrected chi connectivity index (χ0v) is 15.4. The van der Waals surface area contributed by atoms with Crippen LogP contribution in [0.4, 0.5) is 5.69 Å². The highest BCUT2D eigenvalue weighted by atomic mass is 16.5. The van der Waals surface area contributed by atoms with E-state index in [9.17, 15) is 9.59 Å². The quantitative estimate of drug-likeness (QED) is 0.611. The van der Waals surface area contributed by atoms with Crippen molar-refractivity contribution in [3.05, 3.63) is 77.9 Å². The van der Waals surface area contributed by atoms with Crippen molar-refractivity contribution in [1.82, 2.24) is 10.9 Å². The molecule has 1 saturated heterocycles. The minimum Gasteiger partial charge on any atom is -0.465 e. The zero-order valence-electron chi connectivity index (χ0n) is 15.4. The Morgan fingerprint density at radius 2 is 1.71 bits per heavy atom. The standard InChI is InChI=1S/C22H21N3O3/c1-28-22(27)17-10-4-5-12-18(17)23-21(26)20-13-19(24-25-20)16-11-6-8-14-7-2-3-9-15(14)16/h2-12,19-20,24-25H,13H2,1H3,(H,23,26). The lowest BCUT2D eigenvalue weighted by molar-refractivity contribution is -0.117. The van der Waals surface area contributed by atoms with E-state index in [-0.39, 0.29) is 11.9 Å². The number of amides is 1. The molecule has 0 bridgehead atoms. The van der Waals surface area contributed by atoms with E-state index < -0.39 is 12.0 Å². The Balaban J connectivity index is 1.50. The van der Waals surface area contributed by atoms with E-state index >= 15 is 0 Å². The minimum absolute atomic E-state index is 0.0118. The summed E-state index contributed by atoms with van der Waals surface area (Å²) in [4.78, 5) is 24.6. The summed E-state index contributed by atoms with van der Waals surface area (Å²) in [6.45, 7) is 0. The molecule has 0 saturated carbocycles. The molecule has 3 aromatic carbocycles. The van der Waals surface area contributed by atoms with E-state index in [1.807, 2.05) is 18.2 Å². The molecular formula is C22H21N3O3. The SMILES string of the molecule is COC(=O)c1ccccc1NC(=O)C1CC(c2cccc3ccccc23)NN1. The van der Waals surface area contributed by atoms with E-state index in [4.69, 9.17) is 4.74 Å². The van der Waals surface area contributed by atoms with Gasteiger partial charge in [-0.05, 0) is 34.9 Å². The van der Waals surface area contributed by atoms with Crippen LogP contribution in [0.2, 0.25) is 0 Å². The molecule has 0 spiro atoms. The fraction of sp³-hybridized carbons (Fsp3) is 0.182. The van der Waals surface area contributed by atoms with Crippen LogP contribution in [0.3, 0.4) is 0 Å². The molecule has 2 atom stereocenters. The summed E-state index contributed by atoms with van der Waals surface area (Å²) < 4.78 is 4.78. The second kappa shape index (κ2) is 7.80. The molecule has 2 unspecified atom stereocenters. The Kier molecular flexibility index (Phi) is 5.06. The Bertz CT molecular complexity index is 1030. The molecule has 6 heteroatoms. The van der Waals surface area contributed by atoms with Gasteiger partial charge in [0.05, 0.1) is 18.4 Å².